The number of nitrogens with zero attached hydrogens (tertiary/aromatic N) is 1. The van der Waals surface area contributed by atoms with Crippen molar-refractivity contribution < 1.29 is 4.57 Å². The third-order valence-corrected chi connectivity index (χ3v) is 1.02. The van der Waals surface area contributed by atoms with Crippen LogP contribution in [-0.2, 0) is 6.00 Å². The van der Waals surface area contributed by atoms with Gasteiger partial charge in [0.15, 0.2) is 6.00 Å². The van der Waals surface area contributed by atoms with Crippen molar-refractivity contribution in [2.24, 2.45) is 0 Å². The van der Waals surface area contributed by atoms with E-state index in [2.05, 4.69) is 4.98 Å². The van der Waals surface area contributed by atoms with Crippen molar-refractivity contribution in [1.29, 1.82) is 0 Å². The van der Waals surface area contributed by atoms with Crippen LogP contribution in [0.4, 0.5) is 0 Å². The van der Waals surface area contributed by atoms with Gasteiger partial charge in [-0.25, -0.2) is 4.57 Å². The highest BCUT2D eigenvalue weighted by molar-refractivity contribution is 6.14. The predicted octanol–water partition coefficient (Wildman–Crippen LogP) is 0.498. The molecule has 1 rings (SSSR count). The molecule has 0 spiro atoms. The molecule has 0 unspecified atom stereocenters. The summed E-state index contributed by atoms with van der Waals surface area (Å²) in [4.78, 5) is 2.86. The number of H-pyrrole nitrogens is 1. The SMILES string of the molecule is ClC[n+]1cc[nH]c1. The van der Waals surface area contributed by atoms with Gasteiger partial charge in [0.2, 0.25) is 6.33 Å². The van der Waals surface area contributed by atoms with E-state index in [9.17, 15) is 0 Å². The Morgan fingerprint density at radius 3 is 2.86 bits per heavy atom. The Hall–Kier alpha value is -0.500. The van der Waals surface area contributed by atoms with Crippen molar-refractivity contribution in [1.82, 2.24) is 4.98 Å². The van der Waals surface area contributed by atoms with Crippen molar-refractivity contribution >= 4 is 11.6 Å². The predicted molar refractivity (Wildman–Crippen MR) is 26.8 cm³/mol. The Kier molecular flexibility index (Phi) is 1.32. The maximum Gasteiger partial charge on any atom is 0.242 e. The van der Waals surface area contributed by atoms with Gasteiger partial charge in [0.1, 0.15) is 12.4 Å². The Morgan fingerprint density at radius 2 is 2.57 bits per heavy atom. The molecule has 38 valence electrons. The summed E-state index contributed by atoms with van der Waals surface area (Å²) in [6, 6.07) is 0.517. The zero-order valence-corrected chi connectivity index (χ0v) is 4.52. The Balaban J connectivity index is 2.76. The molecule has 0 bridgehead atoms. The summed E-state index contributed by atoms with van der Waals surface area (Å²) in [6.07, 6.45) is 5.49. The summed E-state index contributed by atoms with van der Waals surface area (Å²) < 4.78 is 1.83. The number of halogens is 1. The van der Waals surface area contributed by atoms with E-state index >= 15 is 0 Å². The fraction of sp³-hybridized carbons (Fsp3) is 0.250. The van der Waals surface area contributed by atoms with Crippen LogP contribution in [0.15, 0.2) is 18.7 Å². The summed E-state index contributed by atoms with van der Waals surface area (Å²) >= 11 is 5.41. The zero-order chi connectivity index (χ0) is 5.11. The van der Waals surface area contributed by atoms with Crippen molar-refractivity contribution in [2.75, 3.05) is 0 Å². The Labute approximate surface area is 46.7 Å². The molecule has 0 saturated heterocycles. The first-order valence-corrected chi connectivity index (χ1v) is 2.55. The van der Waals surface area contributed by atoms with Gasteiger partial charge in [-0.2, -0.15) is 0 Å². The minimum absolute atomic E-state index is 0.517. The monoisotopic (exact) mass is 117 g/mol. The Morgan fingerprint density at radius 1 is 1.71 bits per heavy atom. The zero-order valence-electron chi connectivity index (χ0n) is 3.76. The molecular formula is C4H6ClN2+. The van der Waals surface area contributed by atoms with Gasteiger partial charge in [-0.15, -0.1) is 0 Å². The molecule has 0 fully saturated rings. The largest absolute Gasteiger partial charge is 0.250 e. The number of hydrogen-bond donors (Lipinski definition) is 1. The molecular weight excluding hydrogens is 112 g/mol. The lowest BCUT2D eigenvalue weighted by Gasteiger charge is -1.76. The normalized spacial score (nSPS) is 9.29. The second-order valence-electron chi connectivity index (χ2n) is 1.25. The molecule has 0 aromatic carbocycles. The molecule has 0 aliphatic carbocycles. The van der Waals surface area contributed by atoms with E-state index < -0.39 is 0 Å². The number of imidazole rings is 1. The van der Waals surface area contributed by atoms with Crippen LogP contribution in [-0.4, -0.2) is 4.98 Å². The van der Waals surface area contributed by atoms with Crippen LogP contribution < -0.4 is 4.57 Å². The van der Waals surface area contributed by atoms with E-state index in [0.29, 0.717) is 6.00 Å². The quantitative estimate of drug-likeness (QED) is 0.408. The molecule has 0 radical (unpaired) electrons. The van der Waals surface area contributed by atoms with Crippen LogP contribution in [0.1, 0.15) is 0 Å². The molecule has 1 aromatic heterocycles. The lowest BCUT2D eigenvalue weighted by molar-refractivity contribution is -0.677. The first-order chi connectivity index (χ1) is 3.43. The molecule has 1 heterocycles. The molecule has 0 atom stereocenters. The Bertz CT molecular complexity index is 124. The highest BCUT2D eigenvalue weighted by Crippen LogP contribution is 1.72. The first kappa shape index (κ1) is 4.65. The topological polar surface area (TPSA) is 19.7 Å². The maximum atomic E-state index is 5.41. The second-order valence-corrected chi connectivity index (χ2v) is 1.48. The first-order valence-electron chi connectivity index (χ1n) is 2.01. The minimum atomic E-state index is 0.517. The van der Waals surface area contributed by atoms with E-state index in [1.807, 2.05) is 17.0 Å². The van der Waals surface area contributed by atoms with Gasteiger partial charge in [-0.05, 0) is 0 Å². The number of nitrogens with one attached hydrogen (secondary N) is 1. The van der Waals surface area contributed by atoms with Crippen LogP contribution in [0, 0.1) is 0 Å². The standard InChI is InChI=1S/C4H5ClN2/c5-3-7-2-1-6-4-7/h1-2,4H,3H2/p+1. The number of aromatic amines is 1. The molecule has 7 heavy (non-hydrogen) atoms. The fourth-order valence-corrected chi connectivity index (χ4v) is 0.544. The van der Waals surface area contributed by atoms with Crippen LogP contribution in [0.2, 0.25) is 0 Å². The summed E-state index contributed by atoms with van der Waals surface area (Å²) in [5.74, 6) is 0. The van der Waals surface area contributed by atoms with Crippen LogP contribution >= 0.6 is 11.6 Å². The number of alkyl halides is 1. The smallest absolute Gasteiger partial charge is 0.242 e. The molecule has 0 saturated carbocycles. The van der Waals surface area contributed by atoms with Crippen LogP contribution in [0.5, 0.6) is 0 Å². The molecule has 1 aromatic rings. The van der Waals surface area contributed by atoms with Crippen molar-refractivity contribution in [3.8, 4) is 0 Å². The van der Waals surface area contributed by atoms with E-state index in [-0.39, 0.29) is 0 Å². The van der Waals surface area contributed by atoms with Crippen molar-refractivity contribution in [3.05, 3.63) is 18.7 Å². The molecule has 2 nitrogen and oxygen atoms in total. The molecule has 0 amide bonds. The van der Waals surface area contributed by atoms with Crippen LogP contribution in [0.3, 0.4) is 0 Å². The van der Waals surface area contributed by atoms with E-state index in [0.717, 1.165) is 0 Å². The molecule has 1 N–H and O–H groups in total. The van der Waals surface area contributed by atoms with Gasteiger partial charge < -0.3 is 0 Å². The summed E-state index contributed by atoms with van der Waals surface area (Å²) in [7, 11) is 0. The second kappa shape index (κ2) is 1.98. The fourth-order valence-electron chi connectivity index (χ4n) is 0.395. The maximum absolute atomic E-state index is 5.41. The van der Waals surface area contributed by atoms with Crippen molar-refractivity contribution in [2.45, 2.75) is 6.00 Å². The lowest BCUT2D eigenvalue weighted by atomic mass is 10.9. The minimum Gasteiger partial charge on any atom is -0.250 e. The number of hydrogen-bond acceptors (Lipinski definition) is 0. The lowest BCUT2D eigenvalue weighted by Crippen LogP contribution is -2.26. The van der Waals surface area contributed by atoms with Crippen molar-refractivity contribution in [3.63, 3.8) is 0 Å². The van der Waals surface area contributed by atoms with Gasteiger partial charge in [-0.1, -0.05) is 11.6 Å². The molecule has 0 aliphatic rings. The highest BCUT2D eigenvalue weighted by atomic mass is 35.5. The van der Waals surface area contributed by atoms with Crippen LogP contribution in [0.25, 0.3) is 0 Å². The van der Waals surface area contributed by atoms with E-state index in [1.54, 1.807) is 6.33 Å². The summed E-state index contributed by atoms with van der Waals surface area (Å²) in [5.41, 5.74) is 0. The van der Waals surface area contributed by atoms with E-state index in [4.69, 9.17) is 11.6 Å². The number of rotatable bonds is 1. The highest BCUT2D eigenvalue weighted by Gasteiger charge is 1.87. The average Bonchev–Trinajstić information content (AvgIpc) is 2.14. The van der Waals surface area contributed by atoms with Gasteiger partial charge >= 0.3 is 0 Å². The van der Waals surface area contributed by atoms with Gasteiger partial charge in [0.25, 0.3) is 0 Å². The molecule has 3 heteroatoms. The van der Waals surface area contributed by atoms with Gasteiger partial charge in [0.05, 0.1) is 0 Å². The van der Waals surface area contributed by atoms with E-state index in [1.165, 1.54) is 0 Å². The number of aromatic nitrogens is 2. The third-order valence-electron chi connectivity index (χ3n) is 0.741. The van der Waals surface area contributed by atoms with Gasteiger partial charge in [-0.3, -0.25) is 4.98 Å². The summed E-state index contributed by atoms with van der Waals surface area (Å²) in [5, 5.41) is 0. The van der Waals surface area contributed by atoms with Gasteiger partial charge in [0, 0.05) is 0 Å². The average molecular weight is 118 g/mol. The third kappa shape index (κ3) is 0.933. The summed E-state index contributed by atoms with van der Waals surface area (Å²) in [6.45, 7) is 0. The molecule has 0 aliphatic heterocycles.